The molecule has 8 heteroatoms. The molecule has 0 saturated heterocycles. The van der Waals surface area contributed by atoms with Crippen LogP contribution in [0.15, 0.2) is 39.6 Å². The number of hydrogen-bond donors (Lipinski definition) is 3. The number of halogens is 2. The van der Waals surface area contributed by atoms with E-state index in [1.807, 2.05) is 0 Å². The van der Waals surface area contributed by atoms with E-state index >= 15 is 0 Å². The Morgan fingerprint density at radius 2 is 1.95 bits per heavy atom. The highest BCUT2D eigenvalue weighted by Gasteiger charge is 2.12. The molecule has 0 aliphatic rings. The quantitative estimate of drug-likeness (QED) is 0.608. The Bertz CT molecular complexity index is 903. The van der Waals surface area contributed by atoms with Crippen molar-refractivity contribution in [2.45, 2.75) is 0 Å². The first-order valence-corrected chi connectivity index (χ1v) is 7.05. The number of amides is 1. The molecule has 0 aliphatic heterocycles. The number of anilines is 1. The predicted octanol–water partition coefficient (Wildman–Crippen LogP) is 2.92. The minimum Gasteiger partial charge on any atom is -0.320 e. The van der Waals surface area contributed by atoms with Crippen molar-refractivity contribution < 1.29 is 4.79 Å². The van der Waals surface area contributed by atoms with Gasteiger partial charge in [0.2, 0.25) is 0 Å². The number of aromatic amines is 2. The maximum absolute atomic E-state index is 12.1. The van der Waals surface area contributed by atoms with Gasteiger partial charge in [-0.3, -0.25) is 4.79 Å². The summed E-state index contributed by atoms with van der Waals surface area (Å²) < 4.78 is 0.639. The molecule has 0 spiro atoms. The van der Waals surface area contributed by atoms with E-state index in [0.29, 0.717) is 21.2 Å². The zero-order chi connectivity index (χ0) is 15.0. The first kappa shape index (κ1) is 13.8. The minimum atomic E-state index is -0.393. The Morgan fingerprint density at radius 3 is 2.67 bits per heavy atom. The van der Waals surface area contributed by atoms with Crippen LogP contribution < -0.4 is 11.0 Å². The Balaban J connectivity index is 1.95. The first-order valence-electron chi connectivity index (χ1n) is 5.88. The van der Waals surface area contributed by atoms with Crippen molar-refractivity contribution in [2.24, 2.45) is 0 Å². The molecule has 0 fully saturated rings. The van der Waals surface area contributed by atoms with Crippen LogP contribution in [0, 0.1) is 0 Å². The van der Waals surface area contributed by atoms with Crippen LogP contribution in [0.25, 0.3) is 11.0 Å². The predicted molar refractivity (Wildman–Crippen MR) is 83.8 cm³/mol. The highest BCUT2D eigenvalue weighted by molar-refractivity contribution is 9.10. The molecule has 106 valence electrons. The number of carbonyl (C=O) groups is 1. The van der Waals surface area contributed by atoms with Crippen LogP contribution in [-0.4, -0.2) is 20.9 Å². The summed E-state index contributed by atoms with van der Waals surface area (Å²) in [5, 5.41) is 2.95. The fourth-order valence-electron chi connectivity index (χ4n) is 1.87. The SMILES string of the molecule is O=C(Nc1cc2[nH]c(=O)[nH]c2cc1Br)c1cccc(Cl)n1. The highest BCUT2D eigenvalue weighted by atomic mass is 79.9. The van der Waals surface area contributed by atoms with Crippen molar-refractivity contribution >= 4 is 50.2 Å². The molecule has 0 saturated carbocycles. The van der Waals surface area contributed by atoms with Crippen LogP contribution in [0.3, 0.4) is 0 Å². The number of rotatable bonds is 2. The van der Waals surface area contributed by atoms with Crippen molar-refractivity contribution in [2.75, 3.05) is 5.32 Å². The van der Waals surface area contributed by atoms with Gasteiger partial charge in [0.05, 0.1) is 16.7 Å². The van der Waals surface area contributed by atoms with Gasteiger partial charge in [-0.05, 0) is 40.2 Å². The summed E-state index contributed by atoms with van der Waals surface area (Å²) in [6, 6.07) is 8.15. The van der Waals surface area contributed by atoms with Gasteiger partial charge in [-0.1, -0.05) is 17.7 Å². The van der Waals surface area contributed by atoms with Gasteiger partial charge in [0.1, 0.15) is 10.8 Å². The summed E-state index contributed by atoms with van der Waals surface area (Å²) in [4.78, 5) is 32.6. The summed E-state index contributed by atoms with van der Waals surface area (Å²) in [6.07, 6.45) is 0. The smallest absolute Gasteiger partial charge is 0.320 e. The number of nitrogens with one attached hydrogen (secondary N) is 3. The molecule has 1 aromatic carbocycles. The standard InChI is InChI=1S/C13H8BrClN4O2/c14-6-4-9-10(19-13(21)18-9)5-8(6)17-12(20)7-2-1-3-11(15)16-7/h1-5H,(H,17,20)(H2,18,19,21). The maximum Gasteiger partial charge on any atom is 0.323 e. The second-order valence-corrected chi connectivity index (χ2v) is 5.50. The third kappa shape index (κ3) is 2.84. The van der Waals surface area contributed by atoms with E-state index in [0.717, 1.165) is 0 Å². The minimum absolute atomic E-state index is 0.206. The molecular formula is C13H8BrClN4O2. The fraction of sp³-hybridized carbons (Fsp3) is 0. The number of pyridine rings is 1. The summed E-state index contributed by atoms with van der Waals surface area (Å²) >= 11 is 9.10. The van der Waals surface area contributed by atoms with Crippen LogP contribution in [0.2, 0.25) is 5.15 Å². The second-order valence-electron chi connectivity index (χ2n) is 4.26. The van der Waals surface area contributed by atoms with Crippen LogP contribution in [0.5, 0.6) is 0 Å². The molecule has 3 aromatic rings. The van der Waals surface area contributed by atoms with Crippen LogP contribution >= 0.6 is 27.5 Å². The Labute approximate surface area is 131 Å². The van der Waals surface area contributed by atoms with Crippen molar-refractivity contribution in [3.8, 4) is 0 Å². The average molecular weight is 368 g/mol. The van der Waals surface area contributed by atoms with E-state index in [-0.39, 0.29) is 16.5 Å². The van der Waals surface area contributed by atoms with E-state index < -0.39 is 5.91 Å². The van der Waals surface area contributed by atoms with Crippen molar-refractivity contribution in [3.05, 3.63) is 56.1 Å². The number of aromatic nitrogens is 3. The van der Waals surface area contributed by atoms with Crippen LogP contribution in [0.1, 0.15) is 10.5 Å². The summed E-state index contributed by atoms with van der Waals surface area (Å²) in [6.45, 7) is 0. The molecule has 21 heavy (non-hydrogen) atoms. The average Bonchev–Trinajstić information content (AvgIpc) is 2.78. The van der Waals surface area contributed by atoms with Crippen LogP contribution in [-0.2, 0) is 0 Å². The zero-order valence-electron chi connectivity index (χ0n) is 10.4. The molecule has 2 aromatic heterocycles. The number of hydrogen-bond acceptors (Lipinski definition) is 3. The number of fused-ring (bicyclic) bond motifs is 1. The monoisotopic (exact) mass is 366 g/mol. The van der Waals surface area contributed by atoms with Gasteiger partial charge < -0.3 is 15.3 Å². The maximum atomic E-state index is 12.1. The van der Waals surface area contributed by atoms with Crippen molar-refractivity contribution in [1.82, 2.24) is 15.0 Å². The van der Waals surface area contributed by atoms with E-state index in [9.17, 15) is 9.59 Å². The fourth-order valence-corrected chi connectivity index (χ4v) is 2.48. The zero-order valence-corrected chi connectivity index (χ0v) is 12.7. The van der Waals surface area contributed by atoms with E-state index in [2.05, 4.69) is 36.2 Å². The largest absolute Gasteiger partial charge is 0.323 e. The van der Waals surface area contributed by atoms with E-state index in [1.54, 1.807) is 30.3 Å². The Kier molecular flexibility index (Phi) is 3.52. The van der Waals surface area contributed by atoms with Gasteiger partial charge in [0.15, 0.2) is 0 Å². The number of carbonyl (C=O) groups excluding carboxylic acids is 1. The lowest BCUT2D eigenvalue weighted by atomic mass is 10.2. The lowest BCUT2D eigenvalue weighted by Crippen LogP contribution is -2.14. The Morgan fingerprint density at radius 1 is 1.24 bits per heavy atom. The molecule has 0 atom stereocenters. The molecular weight excluding hydrogens is 360 g/mol. The molecule has 3 N–H and O–H groups in total. The number of benzene rings is 1. The van der Waals surface area contributed by atoms with Gasteiger partial charge in [-0.2, -0.15) is 0 Å². The summed E-state index contributed by atoms with van der Waals surface area (Å²) in [5.41, 5.74) is 1.65. The van der Waals surface area contributed by atoms with Gasteiger partial charge in [0.25, 0.3) is 5.91 Å². The molecule has 0 unspecified atom stereocenters. The van der Waals surface area contributed by atoms with E-state index in [4.69, 9.17) is 11.6 Å². The van der Waals surface area contributed by atoms with Gasteiger partial charge in [0, 0.05) is 4.47 Å². The second kappa shape index (κ2) is 5.34. The molecule has 0 bridgehead atoms. The molecule has 3 rings (SSSR count). The van der Waals surface area contributed by atoms with Gasteiger partial charge in [-0.15, -0.1) is 0 Å². The summed E-state index contributed by atoms with van der Waals surface area (Å²) in [7, 11) is 0. The number of nitrogens with zero attached hydrogens (tertiary/aromatic N) is 1. The number of H-pyrrole nitrogens is 2. The van der Waals surface area contributed by atoms with Crippen molar-refractivity contribution in [3.63, 3.8) is 0 Å². The Hall–Kier alpha value is -2.12. The molecule has 0 radical (unpaired) electrons. The molecule has 0 aliphatic carbocycles. The normalized spacial score (nSPS) is 10.8. The lowest BCUT2D eigenvalue weighted by molar-refractivity contribution is 0.102. The number of imidazole rings is 1. The highest BCUT2D eigenvalue weighted by Crippen LogP contribution is 2.26. The van der Waals surface area contributed by atoms with Gasteiger partial charge in [-0.25, -0.2) is 9.78 Å². The topological polar surface area (TPSA) is 90.6 Å². The molecule has 1 amide bonds. The molecule has 6 nitrogen and oxygen atoms in total. The van der Waals surface area contributed by atoms with Gasteiger partial charge >= 0.3 is 5.69 Å². The third-order valence-corrected chi connectivity index (χ3v) is 3.67. The van der Waals surface area contributed by atoms with Crippen LogP contribution in [0.4, 0.5) is 5.69 Å². The molecule has 2 heterocycles. The van der Waals surface area contributed by atoms with Crippen molar-refractivity contribution in [1.29, 1.82) is 0 Å². The summed E-state index contributed by atoms with van der Waals surface area (Å²) in [5.74, 6) is -0.393. The first-order chi connectivity index (χ1) is 10.0. The third-order valence-electron chi connectivity index (χ3n) is 2.80. The van der Waals surface area contributed by atoms with E-state index in [1.165, 1.54) is 0 Å². The lowest BCUT2D eigenvalue weighted by Gasteiger charge is -2.07.